The molecule has 0 saturated heterocycles. The molecule has 0 aliphatic heterocycles. The number of aromatic nitrogens is 1. The lowest BCUT2D eigenvalue weighted by Crippen LogP contribution is -2.45. The number of unbranched alkanes of at least 4 members (excludes halogenated alkanes) is 1. The highest BCUT2D eigenvalue weighted by Crippen LogP contribution is 2.53. The van der Waals surface area contributed by atoms with Gasteiger partial charge in [0.2, 0.25) is 10.0 Å². The fourth-order valence-corrected chi connectivity index (χ4v) is 7.79. The maximum Gasteiger partial charge on any atom is 0.309 e. The third-order valence-electron chi connectivity index (χ3n) is 10.2. The Labute approximate surface area is 331 Å². The molecule has 1 heterocycles. The molecule has 2 aliphatic rings. The van der Waals surface area contributed by atoms with Crippen molar-refractivity contribution in [2.24, 2.45) is 5.92 Å². The number of sulfonamides is 1. The maximum atomic E-state index is 13.3. The third-order valence-corrected chi connectivity index (χ3v) is 12.0. The minimum absolute atomic E-state index is 0.0160. The number of carbonyl (C=O) groups is 2. The van der Waals surface area contributed by atoms with E-state index in [2.05, 4.69) is 9.71 Å². The van der Waals surface area contributed by atoms with Gasteiger partial charge in [0.25, 0.3) is 0 Å². The number of ketones is 1. The van der Waals surface area contributed by atoms with Crippen LogP contribution in [0.25, 0.3) is 11.1 Å². The number of esters is 1. The number of pyridine rings is 1. The first-order chi connectivity index (χ1) is 26.8. The van der Waals surface area contributed by atoms with E-state index in [1.54, 1.807) is 6.20 Å². The van der Waals surface area contributed by atoms with Crippen LogP contribution in [-0.4, -0.2) is 101 Å². The second-order valence-electron chi connectivity index (χ2n) is 14.5. The average molecular weight is 819 g/mol. The molecule has 0 unspecified atom stereocenters. The molecule has 16 heteroatoms. The number of nitrogens with zero attached hydrogens (tertiary/aromatic N) is 1. The molecule has 1 aromatic heterocycles. The van der Waals surface area contributed by atoms with Gasteiger partial charge in [0.1, 0.15) is 29.8 Å². The van der Waals surface area contributed by atoms with Crippen molar-refractivity contribution in [2.45, 2.75) is 112 Å². The van der Waals surface area contributed by atoms with Crippen LogP contribution in [0.4, 0.5) is 0 Å². The molecule has 2 saturated carbocycles. The lowest BCUT2D eigenvalue weighted by atomic mass is 9.93. The Morgan fingerprint density at radius 3 is 2.41 bits per heavy atom. The second kappa shape index (κ2) is 19.8. The van der Waals surface area contributed by atoms with E-state index in [0.29, 0.717) is 23.4 Å². The van der Waals surface area contributed by atoms with Gasteiger partial charge in [-0.1, -0.05) is 36.2 Å². The zero-order chi connectivity index (χ0) is 40.5. The third kappa shape index (κ3) is 11.5. The number of rotatable bonds is 24. The van der Waals surface area contributed by atoms with Gasteiger partial charge in [-0.25, -0.2) is 13.1 Å². The molecule has 0 bridgehead atoms. The van der Waals surface area contributed by atoms with Crippen LogP contribution < -0.4 is 9.46 Å². The first-order valence-electron chi connectivity index (χ1n) is 18.8. The zero-order valence-electron chi connectivity index (χ0n) is 31.3. The summed E-state index contributed by atoms with van der Waals surface area (Å²) in [7, 11) is -2.75. The van der Waals surface area contributed by atoms with Crippen LogP contribution in [0.2, 0.25) is 5.02 Å². The molecular weight excluding hydrogens is 768 g/mol. The molecule has 5 atom stereocenters. The Bertz CT molecular complexity index is 1910. The van der Waals surface area contributed by atoms with Gasteiger partial charge in [0, 0.05) is 47.9 Å². The monoisotopic (exact) mass is 818 g/mol. The normalized spacial score (nSPS) is 17.7. The number of carbonyl (C=O) groups excluding carboxylic acids is 2. The molecule has 2 fully saturated rings. The fraction of sp³-hybridized carbons (Fsp3) is 0.525. The minimum Gasteiger partial charge on any atom is -0.490 e. The largest absolute Gasteiger partial charge is 0.490 e. The van der Waals surface area contributed by atoms with Crippen LogP contribution in [-0.2, 0) is 41.3 Å². The molecule has 14 nitrogen and oxygen atoms in total. The Morgan fingerprint density at radius 1 is 0.982 bits per heavy atom. The first kappa shape index (κ1) is 43.6. The molecular formula is C40H51ClN2O12S. The highest BCUT2D eigenvalue weighted by atomic mass is 35.5. The van der Waals surface area contributed by atoms with E-state index < -0.39 is 64.3 Å². The smallest absolute Gasteiger partial charge is 0.309 e. The molecule has 0 spiro atoms. The summed E-state index contributed by atoms with van der Waals surface area (Å²) in [5.74, 6) is -1.01. The number of para-hydroxylation sites is 1. The number of methoxy groups -OCH3 is 1. The molecule has 5 rings (SSSR count). The van der Waals surface area contributed by atoms with Crippen LogP contribution in [0.15, 0.2) is 65.8 Å². The molecule has 3 aromatic rings. The lowest BCUT2D eigenvalue weighted by Gasteiger charge is -2.25. The van der Waals surface area contributed by atoms with Gasteiger partial charge in [-0.3, -0.25) is 14.6 Å². The quantitative estimate of drug-likeness (QED) is 0.0563. The Kier molecular flexibility index (Phi) is 15.4. The van der Waals surface area contributed by atoms with Crippen molar-refractivity contribution < 1.29 is 57.8 Å². The Morgan fingerprint density at radius 2 is 1.71 bits per heavy atom. The highest BCUT2D eigenvalue weighted by molar-refractivity contribution is 7.89. The molecule has 6 N–H and O–H groups in total. The van der Waals surface area contributed by atoms with E-state index in [4.69, 9.17) is 30.9 Å². The molecule has 0 amide bonds. The van der Waals surface area contributed by atoms with Crippen molar-refractivity contribution in [3.05, 3.63) is 77.1 Å². The van der Waals surface area contributed by atoms with Gasteiger partial charge in [-0.15, -0.1) is 0 Å². The Hall–Kier alpha value is -3.51. The summed E-state index contributed by atoms with van der Waals surface area (Å²) in [6, 6.07) is 14.3. The molecule has 56 heavy (non-hydrogen) atoms. The topological polar surface area (TPSA) is 222 Å². The van der Waals surface area contributed by atoms with E-state index in [9.17, 15) is 38.4 Å². The highest BCUT2D eigenvalue weighted by Gasteiger charge is 2.48. The van der Waals surface area contributed by atoms with Crippen molar-refractivity contribution in [2.75, 3.05) is 20.3 Å². The number of halogens is 1. The van der Waals surface area contributed by atoms with Gasteiger partial charge in [0.15, 0.2) is 0 Å². The number of hydrogen-bond donors (Lipinski definition) is 6. The number of hydrogen-bond acceptors (Lipinski definition) is 13. The number of nitrogens with one attached hydrogen (secondary N) is 1. The van der Waals surface area contributed by atoms with E-state index in [1.807, 2.05) is 36.5 Å². The number of benzene rings is 2. The van der Waals surface area contributed by atoms with Gasteiger partial charge >= 0.3 is 5.97 Å². The summed E-state index contributed by atoms with van der Waals surface area (Å²) in [6.45, 7) is -0.699. The van der Waals surface area contributed by atoms with Crippen LogP contribution in [0.5, 0.6) is 5.75 Å². The summed E-state index contributed by atoms with van der Waals surface area (Å²) in [4.78, 5) is 29.4. The molecule has 306 valence electrons. The first-order valence-corrected chi connectivity index (χ1v) is 20.7. The maximum absolute atomic E-state index is 13.3. The summed E-state index contributed by atoms with van der Waals surface area (Å²) < 4.78 is 46.7. The van der Waals surface area contributed by atoms with Crippen molar-refractivity contribution in [3.8, 4) is 16.9 Å². The molecule has 0 radical (unpaired) electrons. The molecule has 2 aliphatic carbocycles. The van der Waals surface area contributed by atoms with Crippen molar-refractivity contribution >= 4 is 33.4 Å². The number of Topliss-reactive ketones (excluding diaryl/α,β-unsaturated/α-hetero) is 1. The van der Waals surface area contributed by atoms with E-state index in [0.717, 1.165) is 48.1 Å². The van der Waals surface area contributed by atoms with Crippen molar-refractivity contribution in [1.82, 2.24) is 9.71 Å². The number of aliphatic hydroxyl groups is 5. The average Bonchev–Trinajstić information content (AvgIpc) is 4.15. The van der Waals surface area contributed by atoms with Crippen LogP contribution in [0.3, 0.4) is 0 Å². The van der Waals surface area contributed by atoms with Crippen LogP contribution >= 0.6 is 11.6 Å². The summed E-state index contributed by atoms with van der Waals surface area (Å²) in [6.07, 6.45) is 0.853. The van der Waals surface area contributed by atoms with Crippen LogP contribution in [0.1, 0.15) is 75.3 Å². The van der Waals surface area contributed by atoms with E-state index >= 15 is 0 Å². The SMILES string of the molecule is COC(=O)[C@H](CCCCNS(=O)(=O)c1ccc(Cl)c(COC2(c3cnccc3-c3ccccc3OC3CC3)CC2)c1)CC(=O)CC[C@H](O)[C@H](O)[C@H](O)[C@H](O)CO. The standard InChI is InChI=1S/C40H51ClN2O12S/c1-53-39(50)25(20-27(45)9-14-34(46)37(48)38(49)35(47)23-44)6-4-5-18-43-56(51,52)29-12-13-33(41)26(21-29)24-54-40(16-17-40)32-22-42-19-15-30(32)31-7-2-3-8-36(31)55-28-10-11-28/h2-3,7-8,12-13,15,19,21-22,25,28,34-35,37-38,43-44,46-49H,4-6,9-11,14,16-18,20,23-24H2,1H3/t25-,34+,35-,37+,38-/m1/s1. The summed E-state index contributed by atoms with van der Waals surface area (Å²) in [5, 5.41) is 48.6. The Balaban J connectivity index is 1.12. The van der Waals surface area contributed by atoms with Crippen LogP contribution in [0, 0.1) is 5.92 Å². The summed E-state index contributed by atoms with van der Waals surface area (Å²) in [5.41, 5.74) is 2.75. The van der Waals surface area contributed by atoms with Gasteiger partial charge < -0.3 is 39.7 Å². The number of ether oxygens (including phenoxy) is 3. The van der Waals surface area contributed by atoms with Gasteiger partial charge in [-0.05, 0) is 86.4 Å². The lowest BCUT2D eigenvalue weighted by molar-refractivity contribution is -0.147. The number of aliphatic hydroxyl groups excluding tert-OH is 5. The zero-order valence-corrected chi connectivity index (χ0v) is 32.8. The fourth-order valence-electron chi connectivity index (χ4n) is 6.49. The van der Waals surface area contributed by atoms with Gasteiger partial charge in [0.05, 0.1) is 48.9 Å². The predicted octanol–water partition coefficient (Wildman–Crippen LogP) is 3.56. The predicted molar refractivity (Wildman–Crippen MR) is 205 cm³/mol. The van der Waals surface area contributed by atoms with E-state index in [1.165, 1.54) is 25.3 Å². The molecule has 2 aromatic carbocycles. The second-order valence-corrected chi connectivity index (χ2v) is 16.6. The van der Waals surface area contributed by atoms with E-state index in [-0.39, 0.29) is 49.8 Å². The van der Waals surface area contributed by atoms with Crippen molar-refractivity contribution in [1.29, 1.82) is 0 Å². The van der Waals surface area contributed by atoms with Crippen molar-refractivity contribution in [3.63, 3.8) is 0 Å². The minimum atomic E-state index is -3.94. The summed E-state index contributed by atoms with van der Waals surface area (Å²) >= 11 is 6.53. The van der Waals surface area contributed by atoms with Gasteiger partial charge in [-0.2, -0.15) is 0 Å².